The smallest absolute Gasteiger partial charge is 0.289 e. The van der Waals surface area contributed by atoms with Crippen molar-refractivity contribution in [2.45, 2.75) is 26.7 Å². The maximum Gasteiger partial charge on any atom is 0.289 e. The van der Waals surface area contributed by atoms with Gasteiger partial charge in [0, 0.05) is 24.0 Å². The summed E-state index contributed by atoms with van der Waals surface area (Å²) >= 11 is 0. The average molecular weight is 287 g/mol. The normalized spacial score (nSPS) is 19.0. The molecule has 112 valence electrons. The first-order chi connectivity index (χ1) is 10.1. The number of rotatable bonds is 2. The van der Waals surface area contributed by atoms with Crippen LogP contribution in [0.1, 0.15) is 35.9 Å². The van der Waals surface area contributed by atoms with E-state index in [2.05, 4.69) is 6.92 Å². The number of ether oxygens (including phenoxy) is 1. The number of hydrogen-bond acceptors (Lipinski definition) is 3. The Balaban J connectivity index is 1.96. The second-order valence-corrected chi connectivity index (χ2v) is 5.92. The molecule has 1 fully saturated rings. The molecule has 4 nitrogen and oxygen atoms in total. The lowest BCUT2D eigenvalue weighted by molar-refractivity contribution is 0.0652. The van der Waals surface area contributed by atoms with Gasteiger partial charge in [0.15, 0.2) is 5.76 Å². The summed E-state index contributed by atoms with van der Waals surface area (Å²) in [6.45, 7) is 5.77. The van der Waals surface area contributed by atoms with Crippen LogP contribution >= 0.6 is 0 Å². The summed E-state index contributed by atoms with van der Waals surface area (Å²) < 4.78 is 11.0. The molecule has 2 aromatic rings. The van der Waals surface area contributed by atoms with Crippen LogP contribution < -0.4 is 4.74 Å². The zero-order valence-corrected chi connectivity index (χ0v) is 12.8. The van der Waals surface area contributed by atoms with Crippen molar-refractivity contribution in [2.75, 3.05) is 20.2 Å². The van der Waals surface area contributed by atoms with Crippen LogP contribution in [-0.4, -0.2) is 31.0 Å². The third-order valence-electron chi connectivity index (χ3n) is 4.28. The van der Waals surface area contributed by atoms with Crippen molar-refractivity contribution in [3.63, 3.8) is 0 Å². The number of carbonyl (C=O) groups excluding carboxylic acids is 1. The van der Waals surface area contributed by atoms with Crippen molar-refractivity contribution in [3.8, 4) is 5.75 Å². The van der Waals surface area contributed by atoms with Crippen molar-refractivity contribution in [3.05, 3.63) is 29.5 Å². The molecule has 0 radical (unpaired) electrons. The van der Waals surface area contributed by atoms with Crippen LogP contribution in [-0.2, 0) is 0 Å². The number of benzene rings is 1. The number of aryl methyl sites for hydroxylation is 1. The third-order valence-corrected chi connectivity index (χ3v) is 4.28. The quantitative estimate of drug-likeness (QED) is 0.847. The summed E-state index contributed by atoms with van der Waals surface area (Å²) in [5.74, 6) is 1.81. The summed E-state index contributed by atoms with van der Waals surface area (Å²) in [7, 11) is 1.64. The van der Waals surface area contributed by atoms with Crippen LogP contribution in [0, 0.1) is 12.8 Å². The zero-order valence-electron chi connectivity index (χ0n) is 12.8. The second-order valence-electron chi connectivity index (χ2n) is 5.92. The van der Waals surface area contributed by atoms with Gasteiger partial charge in [0.2, 0.25) is 0 Å². The van der Waals surface area contributed by atoms with E-state index in [0.717, 1.165) is 41.8 Å². The minimum atomic E-state index is 0.00853. The highest BCUT2D eigenvalue weighted by Crippen LogP contribution is 2.30. The van der Waals surface area contributed by atoms with Gasteiger partial charge in [-0.15, -0.1) is 0 Å². The summed E-state index contributed by atoms with van der Waals surface area (Å²) in [6.07, 6.45) is 2.26. The van der Waals surface area contributed by atoms with E-state index >= 15 is 0 Å². The molecule has 0 saturated carbocycles. The van der Waals surface area contributed by atoms with E-state index < -0.39 is 0 Å². The van der Waals surface area contributed by atoms with Crippen LogP contribution in [0.4, 0.5) is 0 Å². The highest BCUT2D eigenvalue weighted by Gasteiger charge is 2.26. The van der Waals surface area contributed by atoms with Crippen molar-refractivity contribution in [1.29, 1.82) is 0 Å². The Kier molecular flexibility index (Phi) is 3.62. The van der Waals surface area contributed by atoms with E-state index in [4.69, 9.17) is 9.15 Å². The largest absolute Gasteiger partial charge is 0.497 e. The highest BCUT2D eigenvalue weighted by molar-refractivity contribution is 5.99. The van der Waals surface area contributed by atoms with Crippen LogP contribution in [0.2, 0.25) is 0 Å². The molecule has 1 aliphatic rings. The fourth-order valence-electron chi connectivity index (χ4n) is 3.05. The summed E-state index contributed by atoms with van der Waals surface area (Å²) in [4.78, 5) is 14.6. The molecule has 2 heterocycles. The molecule has 3 rings (SSSR count). The Morgan fingerprint density at radius 3 is 2.95 bits per heavy atom. The number of fused-ring (bicyclic) bond motifs is 1. The number of nitrogens with zero attached hydrogens (tertiary/aromatic N) is 1. The topological polar surface area (TPSA) is 42.7 Å². The first-order valence-corrected chi connectivity index (χ1v) is 7.46. The van der Waals surface area contributed by atoms with Crippen LogP contribution in [0.15, 0.2) is 22.6 Å². The second kappa shape index (κ2) is 5.43. The fourth-order valence-corrected chi connectivity index (χ4v) is 3.05. The average Bonchev–Trinajstić information content (AvgIpc) is 2.83. The van der Waals surface area contributed by atoms with Gasteiger partial charge in [-0.2, -0.15) is 0 Å². The van der Waals surface area contributed by atoms with E-state index in [9.17, 15) is 4.79 Å². The van der Waals surface area contributed by atoms with Crippen LogP contribution in [0.25, 0.3) is 11.0 Å². The first-order valence-electron chi connectivity index (χ1n) is 7.46. The first kappa shape index (κ1) is 14.0. The van der Waals surface area contributed by atoms with Gasteiger partial charge in [0.1, 0.15) is 11.3 Å². The van der Waals surface area contributed by atoms with Crippen LogP contribution in [0.5, 0.6) is 5.75 Å². The minimum Gasteiger partial charge on any atom is -0.497 e. The number of likely N-dealkylation sites (tertiary alicyclic amines) is 1. The molecule has 1 aromatic carbocycles. The maximum atomic E-state index is 12.7. The standard InChI is InChI=1S/C17H21NO3/c1-11-5-4-8-18(10-11)17(19)16-12(2)14-9-13(20-3)6-7-15(14)21-16/h6-7,9,11H,4-5,8,10H2,1-3H3/t11-/m1/s1. The van der Waals surface area contributed by atoms with Gasteiger partial charge in [-0.25, -0.2) is 0 Å². The molecule has 4 heteroatoms. The number of carbonyl (C=O) groups is 1. The lowest BCUT2D eigenvalue weighted by Gasteiger charge is -2.30. The molecule has 1 saturated heterocycles. The molecule has 0 bridgehead atoms. The van der Waals surface area contributed by atoms with E-state index in [1.54, 1.807) is 7.11 Å². The van der Waals surface area contributed by atoms with Crippen LogP contribution in [0.3, 0.4) is 0 Å². The molecule has 1 aliphatic heterocycles. The molecule has 0 N–H and O–H groups in total. The maximum absolute atomic E-state index is 12.7. The molecular formula is C17H21NO3. The fraction of sp³-hybridized carbons (Fsp3) is 0.471. The zero-order chi connectivity index (χ0) is 15.0. The number of hydrogen-bond donors (Lipinski definition) is 0. The Morgan fingerprint density at radius 1 is 1.43 bits per heavy atom. The van der Waals surface area contributed by atoms with Crippen molar-refractivity contribution in [1.82, 2.24) is 4.90 Å². The van der Waals surface area contributed by atoms with Crippen molar-refractivity contribution >= 4 is 16.9 Å². The predicted molar refractivity (Wildman–Crippen MR) is 81.8 cm³/mol. The molecule has 1 amide bonds. The van der Waals surface area contributed by atoms with Crippen molar-refractivity contribution < 1.29 is 13.9 Å². The molecule has 1 atom stereocenters. The van der Waals surface area contributed by atoms with E-state index in [0.29, 0.717) is 11.7 Å². The predicted octanol–water partition coefficient (Wildman–Crippen LogP) is 3.62. The van der Waals surface area contributed by atoms with Gasteiger partial charge in [-0.05, 0) is 43.9 Å². The van der Waals surface area contributed by atoms with E-state index in [-0.39, 0.29) is 5.91 Å². The van der Waals surface area contributed by atoms with Crippen molar-refractivity contribution in [2.24, 2.45) is 5.92 Å². The Morgan fingerprint density at radius 2 is 2.24 bits per heavy atom. The summed E-state index contributed by atoms with van der Waals surface area (Å²) in [5, 5.41) is 0.947. The van der Waals surface area contributed by atoms with Gasteiger partial charge < -0.3 is 14.1 Å². The number of furan rings is 1. The Hall–Kier alpha value is -1.97. The highest BCUT2D eigenvalue weighted by atomic mass is 16.5. The molecule has 0 aliphatic carbocycles. The van der Waals surface area contributed by atoms with E-state index in [1.807, 2.05) is 30.0 Å². The van der Waals surface area contributed by atoms with Gasteiger partial charge in [0.25, 0.3) is 5.91 Å². The summed E-state index contributed by atoms with van der Waals surface area (Å²) in [6, 6.07) is 5.63. The molecule has 0 unspecified atom stereocenters. The number of methoxy groups -OCH3 is 1. The minimum absolute atomic E-state index is 0.00853. The lowest BCUT2D eigenvalue weighted by Crippen LogP contribution is -2.39. The monoisotopic (exact) mass is 287 g/mol. The van der Waals surface area contributed by atoms with Gasteiger partial charge in [-0.3, -0.25) is 4.79 Å². The van der Waals surface area contributed by atoms with Gasteiger partial charge in [-0.1, -0.05) is 6.92 Å². The Labute approximate surface area is 124 Å². The molecule has 0 spiro atoms. The lowest BCUT2D eigenvalue weighted by atomic mass is 10.00. The van der Waals surface area contributed by atoms with E-state index in [1.165, 1.54) is 6.42 Å². The number of amides is 1. The summed E-state index contributed by atoms with van der Waals surface area (Å²) in [5.41, 5.74) is 1.63. The van der Waals surface area contributed by atoms with Gasteiger partial charge in [0.05, 0.1) is 7.11 Å². The third kappa shape index (κ3) is 2.50. The molecule has 21 heavy (non-hydrogen) atoms. The molecule has 1 aromatic heterocycles. The SMILES string of the molecule is COc1ccc2oc(C(=O)N3CCC[C@@H](C)C3)c(C)c2c1. The Bertz CT molecular complexity index is 674. The van der Waals surface area contributed by atoms with Gasteiger partial charge >= 0.3 is 0 Å². The molecular weight excluding hydrogens is 266 g/mol. The number of piperidine rings is 1.